The monoisotopic (exact) mass is 184 g/mol. The van der Waals surface area contributed by atoms with Crippen LogP contribution >= 0.6 is 0 Å². The van der Waals surface area contributed by atoms with Crippen LogP contribution in [-0.4, -0.2) is 29.3 Å². The van der Waals surface area contributed by atoms with Crippen LogP contribution in [0.3, 0.4) is 0 Å². The highest BCUT2D eigenvalue weighted by molar-refractivity contribution is 5.91. The maximum Gasteiger partial charge on any atom is 0.273 e. The molecule has 13 heavy (non-hydrogen) atoms. The van der Waals surface area contributed by atoms with E-state index in [1.807, 2.05) is 6.92 Å². The Labute approximate surface area is 75.7 Å². The maximum absolute atomic E-state index is 11.2. The molecule has 2 N–H and O–H groups in total. The first-order valence-electron chi connectivity index (χ1n) is 4.03. The van der Waals surface area contributed by atoms with Crippen LogP contribution in [0.15, 0.2) is 16.9 Å². The number of nitrogens with one attached hydrogen (secondary N) is 1. The molecule has 5 heteroatoms. The molecule has 0 bridgehead atoms. The Morgan fingerprint density at radius 2 is 2.62 bits per heavy atom. The van der Waals surface area contributed by atoms with Crippen molar-refractivity contribution in [1.29, 1.82) is 0 Å². The summed E-state index contributed by atoms with van der Waals surface area (Å²) in [4.78, 5) is 11.2. The molecule has 0 aliphatic heterocycles. The highest BCUT2D eigenvalue weighted by Crippen LogP contribution is 1.95. The SMILES string of the molecule is CC(CO)CNC(=O)c1ccon1. The van der Waals surface area contributed by atoms with Crippen LogP contribution in [0.4, 0.5) is 0 Å². The lowest BCUT2D eigenvalue weighted by Gasteiger charge is -2.07. The molecule has 1 unspecified atom stereocenters. The van der Waals surface area contributed by atoms with Crippen LogP contribution in [0.5, 0.6) is 0 Å². The van der Waals surface area contributed by atoms with Gasteiger partial charge in [0.15, 0.2) is 5.69 Å². The van der Waals surface area contributed by atoms with Gasteiger partial charge in [-0.25, -0.2) is 0 Å². The number of hydrogen-bond acceptors (Lipinski definition) is 4. The molecule has 0 fully saturated rings. The molecule has 0 saturated carbocycles. The Morgan fingerprint density at radius 1 is 1.85 bits per heavy atom. The fourth-order valence-electron chi connectivity index (χ4n) is 0.752. The summed E-state index contributed by atoms with van der Waals surface area (Å²) in [7, 11) is 0. The van der Waals surface area contributed by atoms with Gasteiger partial charge in [0.05, 0.1) is 0 Å². The second kappa shape index (κ2) is 4.61. The lowest BCUT2D eigenvalue weighted by atomic mass is 10.2. The second-order valence-electron chi connectivity index (χ2n) is 2.88. The van der Waals surface area contributed by atoms with Crippen LogP contribution in [-0.2, 0) is 0 Å². The van der Waals surface area contributed by atoms with Gasteiger partial charge in [-0.15, -0.1) is 0 Å². The minimum Gasteiger partial charge on any atom is -0.396 e. The third kappa shape index (κ3) is 2.87. The zero-order chi connectivity index (χ0) is 9.68. The summed E-state index contributed by atoms with van der Waals surface area (Å²) < 4.78 is 4.51. The van der Waals surface area contributed by atoms with Crippen LogP contribution < -0.4 is 5.32 Å². The Morgan fingerprint density at radius 3 is 3.15 bits per heavy atom. The Hall–Kier alpha value is -1.36. The van der Waals surface area contributed by atoms with E-state index in [9.17, 15) is 4.79 Å². The molecule has 1 amide bonds. The summed E-state index contributed by atoms with van der Waals surface area (Å²) in [6, 6.07) is 1.49. The van der Waals surface area contributed by atoms with E-state index in [2.05, 4.69) is 15.0 Å². The molecule has 5 nitrogen and oxygen atoms in total. The first-order valence-corrected chi connectivity index (χ1v) is 4.03. The van der Waals surface area contributed by atoms with Gasteiger partial charge in [0.25, 0.3) is 5.91 Å². The standard InChI is InChI=1S/C8H12N2O3/c1-6(5-11)4-9-8(12)7-2-3-13-10-7/h2-3,6,11H,4-5H2,1H3,(H,9,12). The lowest BCUT2D eigenvalue weighted by molar-refractivity contribution is 0.0933. The van der Waals surface area contributed by atoms with E-state index in [1.165, 1.54) is 12.3 Å². The fraction of sp³-hybridized carbons (Fsp3) is 0.500. The number of hydrogen-bond donors (Lipinski definition) is 2. The van der Waals surface area contributed by atoms with Crippen molar-refractivity contribution < 1.29 is 14.4 Å². The molecule has 1 rings (SSSR count). The Bertz CT molecular complexity index is 258. The summed E-state index contributed by atoms with van der Waals surface area (Å²) in [5, 5.41) is 14.8. The molecule has 0 spiro atoms. The summed E-state index contributed by atoms with van der Waals surface area (Å²) in [5.41, 5.74) is 0.255. The van der Waals surface area contributed by atoms with E-state index in [-0.39, 0.29) is 24.1 Å². The van der Waals surface area contributed by atoms with Crippen molar-refractivity contribution in [3.05, 3.63) is 18.0 Å². The molecule has 72 valence electrons. The number of aromatic nitrogens is 1. The zero-order valence-corrected chi connectivity index (χ0v) is 7.36. The minimum absolute atomic E-state index is 0.0517. The van der Waals surface area contributed by atoms with E-state index >= 15 is 0 Å². The van der Waals surface area contributed by atoms with Gasteiger partial charge in [0, 0.05) is 19.2 Å². The number of amides is 1. The number of carbonyl (C=O) groups excluding carboxylic acids is 1. The first-order chi connectivity index (χ1) is 6.24. The second-order valence-corrected chi connectivity index (χ2v) is 2.88. The highest BCUT2D eigenvalue weighted by Gasteiger charge is 2.09. The number of rotatable bonds is 4. The van der Waals surface area contributed by atoms with E-state index in [4.69, 9.17) is 5.11 Å². The van der Waals surface area contributed by atoms with Crippen LogP contribution in [0.25, 0.3) is 0 Å². The number of aliphatic hydroxyl groups excluding tert-OH is 1. The average Bonchev–Trinajstić information content (AvgIpc) is 2.66. The number of carbonyl (C=O) groups is 1. The molecular formula is C8H12N2O3. The normalized spacial score (nSPS) is 12.5. The molecular weight excluding hydrogens is 172 g/mol. The van der Waals surface area contributed by atoms with Gasteiger partial charge in [-0.2, -0.15) is 0 Å². The smallest absolute Gasteiger partial charge is 0.273 e. The van der Waals surface area contributed by atoms with Crippen molar-refractivity contribution in [2.45, 2.75) is 6.92 Å². The van der Waals surface area contributed by atoms with Crippen molar-refractivity contribution in [3.63, 3.8) is 0 Å². The largest absolute Gasteiger partial charge is 0.396 e. The van der Waals surface area contributed by atoms with Gasteiger partial charge in [-0.3, -0.25) is 4.79 Å². The number of nitrogens with zero attached hydrogens (tertiary/aromatic N) is 1. The summed E-state index contributed by atoms with van der Waals surface area (Å²) in [6.45, 7) is 2.32. The van der Waals surface area contributed by atoms with Gasteiger partial charge in [0.1, 0.15) is 6.26 Å². The predicted octanol–water partition coefficient (Wildman–Crippen LogP) is 0.0328. The van der Waals surface area contributed by atoms with Crippen LogP contribution in [0.1, 0.15) is 17.4 Å². The van der Waals surface area contributed by atoms with Gasteiger partial charge in [-0.05, 0) is 5.92 Å². The predicted molar refractivity (Wildman–Crippen MR) is 45.1 cm³/mol. The van der Waals surface area contributed by atoms with E-state index in [0.29, 0.717) is 6.54 Å². The van der Waals surface area contributed by atoms with Gasteiger partial charge < -0.3 is 14.9 Å². The Balaban J connectivity index is 2.35. The van der Waals surface area contributed by atoms with Crippen LogP contribution in [0, 0.1) is 5.92 Å². The van der Waals surface area contributed by atoms with Crippen LogP contribution in [0.2, 0.25) is 0 Å². The first kappa shape index (κ1) is 9.73. The van der Waals surface area contributed by atoms with Crippen molar-refractivity contribution >= 4 is 5.91 Å². The molecule has 0 aliphatic carbocycles. The summed E-state index contributed by atoms with van der Waals surface area (Å²) in [6.07, 6.45) is 1.34. The summed E-state index contributed by atoms with van der Waals surface area (Å²) in [5.74, 6) is -0.232. The molecule has 1 heterocycles. The fourth-order valence-corrected chi connectivity index (χ4v) is 0.752. The van der Waals surface area contributed by atoms with Gasteiger partial charge in [-0.1, -0.05) is 12.1 Å². The van der Waals surface area contributed by atoms with Crippen molar-refractivity contribution in [3.8, 4) is 0 Å². The van der Waals surface area contributed by atoms with E-state index in [1.54, 1.807) is 0 Å². The topological polar surface area (TPSA) is 75.4 Å². The minimum atomic E-state index is -0.283. The van der Waals surface area contributed by atoms with Crippen molar-refractivity contribution in [2.75, 3.05) is 13.2 Å². The molecule has 0 aliphatic rings. The maximum atomic E-state index is 11.2. The third-order valence-corrected chi connectivity index (χ3v) is 1.59. The summed E-state index contributed by atoms with van der Waals surface area (Å²) >= 11 is 0. The van der Waals surface area contributed by atoms with Gasteiger partial charge in [0.2, 0.25) is 0 Å². The number of aliphatic hydroxyl groups is 1. The van der Waals surface area contributed by atoms with Crippen molar-refractivity contribution in [1.82, 2.24) is 10.5 Å². The quantitative estimate of drug-likeness (QED) is 0.692. The van der Waals surface area contributed by atoms with Crippen molar-refractivity contribution in [2.24, 2.45) is 5.92 Å². The highest BCUT2D eigenvalue weighted by atomic mass is 16.5. The average molecular weight is 184 g/mol. The zero-order valence-electron chi connectivity index (χ0n) is 7.36. The third-order valence-electron chi connectivity index (χ3n) is 1.59. The Kier molecular flexibility index (Phi) is 3.45. The molecule has 1 aromatic rings. The lowest BCUT2D eigenvalue weighted by Crippen LogP contribution is -2.29. The molecule has 1 atom stereocenters. The molecule has 1 aromatic heterocycles. The molecule has 0 saturated heterocycles. The molecule has 0 radical (unpaired) electrons. The van der Waals surface area contributed by atoms with E-state index in [0.717, 1.165) is 0 Å². The van der Waals surface area contributed by atoms with Gasteiger partial charge >= 0.3 is 0 Å². The molecule has 0 aromatic carbocycles. The van der Waals surface area contributed by atoms with E-state index < -0.39 is 0 Å².